The van der Waals surface area contributed by atoms with Gasteiger partial charge in [-0.1, -0.05) is 134 Å². The van der Waals surface area contributed by atoms with Gasteiger partial charge in [0.25, 0.3) is 0 Å². The summed E-state index contributed by atoms with van der Waals surface area (Å²) in [5.41, 5.74) is 2.21. The van der Waals surface area contributed by atoms with Crippen molar-refractivity contribution >= 4 is 11.9 Å². The lowest BCUT2D eigenvalue weighted by atomic mass is 10.0. The van der Waals surface area contributed by atoms with Crippen LogP contribution in [0.4, 0.5) is 0 Å². The van der Waals surface area contributed by atoms with Gasteiger partial charge in [0, 0.05) is 24.8 Å². The predicted octanol–water partition coefficient (Wildman–Crippen LogP) is 7.75. The third-order valence-electron chi connectivity index (χ3n) is 7.29. The second kappa shape index (κ2) is 24.3. The van der Waals surface area contributed by atoms with Crippen LogP contribution in [0.1, 0.15) is 121 Å². The molecular weight excluding hydrogens is 544 g/mol. The molecule has 2 aromatic rings. The number of carboxylic acids is 2. The van der Waals surface area contributed by atoms with Crippen molar-refractivity contribution in [1.29, 1.82) is 0 Å². The molecule has 0 aliphatic rings. The van der Waals surface area contributed by atoms with Crippen LogP contribution in [0.2, 0.25) is 0 Å². The molecule has 0 unspecified atom stereocenters. The number of carbonyl (C=O) groups is 2. The first-order chi connectivity index (χ1) is 20.7. The van der Waals surface area contributed by atoms with Crippen molar-refractivity contribution in [2.45, 2.75) is 123 Å². The van der Waals surface area contributed by atoms with E-state index in [0.717, 1.165) is 25.2 Å². The summed E-state index contributed by atoms with van der Waals surface area (Å²) in [6, 6.07) is 12.1. The van der Waals surface area contributed by atoms with Gasteiger partial charge in [-0.3, -0.25) is 4.79 Å². The second-order valence-electron chi connectivity index (χ2n) is 11.6. The third-order valence-corrected chi connectivity index (χ3v) is 7.29. The van der Waals surface area contributed by atoms with E-state index in [2.05, 4.69) is 40.7 Å². The summed E-state index contributed by atoms with van der Waals surface area (Å²) in [6.07, 6.45) is 23.6. The van der Waals surface area contributed by atoms with Crippen LogP contribution in [0, 0.1) is 0 Å². The van der Waals surface area contributed by atoms with Crippen LogP contribution in [-0.4, -0.2) is 52.3 Å². The monoisotopic (exact) mass is 600 g/mol. The van der Waals surface area contributed by atoms with Crippen molar-refractivity contribution in [3.05, 3.63) is 64.1 Å². The summed E-state index contributed by atoms with van der Waals surface area (Å²) < 4.78 is 8.10. The highest BCUT2D eigenvalue weighted by molar-refractivity contribution is 6.27. The van der Waals surface area contributed by atoms with Gasteiger partial charge in [0.05, 0.1) is 12.8 Å². The number of hydrogen-bond acceptors (Lipinski definition) is 5. The molecule has 0 fully saturated rings. The van der Waals surface area contributed by atoms with Crippen LogP contribution in [0.25, 0.3) is 0 Å². The molecule has 0 aliphatic carbocycles. The minimum Gasteiger partial charge on any atom is -0.488 e. The van der Waals surface area contributed by atoms with Gasteiger partial charge in [-0.15, -0.1) is 0 Å². The highest BCUT2D eigenvalue weighted by Gasteiger charge is 2.10. The van der Waals surface area contributed by atoms with E-state index in [4.69, 9.17) is 24.5 Å². The van der Waals surface area contributed by atoms with E-state index >= 15 is 0 Å². The van der Waals surface area contributed by atoms with E-state index in [1.807, 2.05) is 26.4 Å². The van der Waals surface area contributed by atoms with Gasteiger partial charge in [-0.05, 0) is 26.1 Å². The van der Waals surface area contributed by atoms with Crippen molar-refractivity contribution in [1.82, 2.24) is 9.47 Å². The summed E-state index contributed by atoms with van der Waals surface area (Å²) in [6.45, 7) is 4.36. The van der Waals surface area contributed by atoms with Gasteiger partial charge < -0.3 is 24.4 Å². The first kappa shape index (κ1) is 37.9. The Bertz CT molecular complexity index is 1060. The van der Waals surface area contributed by atoms with Crippen LogP contribution in [-0.2, 0) is 22.7 Å². The number of nitrogens with zero attached hydrogens (tertiary/aromatic N) is 2. The van der Waals surface area contributed by atoms with Crippen LogP contribution in [0.3, 0.4) is 0 Å². The molecule has 2 rings (SSSR count). The number of ether oxygens (including phenoxy) is 1. The molecular formula is C35H56N2O6. The van der Waals surface area contributed by atoms with Gasteiger partial charge in [-0.2, -0.15) is 0 Å². The molecule has 2 N–H and O–H groups in total. The fourth-order valence-corrected chi connectivity index (χ4v) is 4.92. The average molecular weight is 601 g/mol. The molecule has 43 heavy (non-hydrogen) atoms. The number of unbranched alkanes of at least 4 members (excludes halogenated alkanes) is 15. The molecule has 242 valence electrons. The maximum atomic E-state index is 12.7. The molecule has 8 nitrogen and oxygen atoms in total. The summed E-state index contributed by atoms with van der Waals surface area (Å²) >= 11 is 0. The van der Waals surface area contributed by atoms with Crippen molar-refractivity contribution in [3.8, 4) is 5.75 Å². The van der Waals surface area contributed by atoms with E-state index in [0.29, 0.717) is 12.4 Å². The second-order valence-corrected chi connectivity index (χ2v) is 11.6. The molecule has 0 aliphatic heterocycles. The van der Waals surface area contributed by atoms with Gasteiger partial charge >= 0.3 is 11.9 Å². The molecule has 0 amide bonds. The summed E-state index contributed by atoms with van der Waals surface area (Å²) in [5.74, 6) is -3.18. The molecule has 1 heterocycles. The minimum absolute atomic E-state index is 0.0161. The summed E-state index contributed by atoms with van der Waals surface area (Å²) in [4.78, 5) is 33.0. The minimum atomic E-state index is -1.82. The number of rotatable bonds is 22. The van der Waals surface area contributed by atoms with Crippen LogP contribution in [0.15, 0.2) is 47.4 Å². The first-order valence-electron chi connectivity index (χ1n) is 16.3. The first-order valence-corrected chi connectivity index (χ1v) is 16.3. The number of pyridine rings is 1. The SMILES string of the molecule is CCCCCCCCCCCCCCCCCCOc1cn(Cc2ccccc2)c(CN(C)C)cc1=O.O=C(O)C(=O)O. The van der Waals surface area contributed by atoms with E-state index in [1.54, 1.807) is 6.07 Å². The van der Waals surface area contributed by atoms with Crippen molar-refractivity contribution < 1.29 is 24.5 Å². The number of hydrogen-bond donors (Lipinski definition) is 2. The van der Waals surface area contributed by atoms with Gasteiger partial charge in [0.2, 0.25) is 5.43 Å². The Morgan fingerprint density at radius 3 is 1.65 bits per heavy atom. The van der Waals surface area contributed by atoms with Crippen molar-refractivity contribution in [2.75, 3.05) is 20.7 Å². The van der Waals surface area contributed by atoms with Crippen molar-refractivity contribution in [2.24, 2.45) is 0 Å². The molecule has 0 atom stereocenters. The lowest BCUT2D eigenvalue weighted by Crippen LogP contribution is -2.21. The molecule has 1 aromatic carbocycles. The Kier molecular flexibility index (Phi) is 21.4. The molecule has 0 saturated carbocycles. The standard InChI is InChI=1S/C33H54N2O2.C2H2O4/c1-4-5-6-7-8-9-10-11-12-13-14-15-16-17-18-22-25-37-33-29-35(27-30-23-20-19-21-24-30)31(26-32(33)36)28-34(2)3;3-1(4)2(5)6/h19-21,23-24,26,29H,4-18,22,25,27-28H2,1-3H3;(H,3,4)(H,5,6). The van der Waals surface area contributed by atoms with E-state index in [9.17, 15) is 4.79 Å². The zero-order valence-electron chi connectivity index (χ0n) is 26.9. The fourth-order valence-electron chi connectivity index (χ4n) is 4.92. The van der Waals surface area contributed by atoms with Gasteiger partial charge in [0.1, 0.15) is 0 Å². The maximum absolute atomic E-state index is 12.7. The quantitative estimate of drug-likeness (QED) is 0.105. The lowest BCUT2D eigenvalue weighted by molar-refractivity contribution is -0.159. The summed E-state index contributed by atoms with van der Waals surface area (Å²) in [7, 11) is 4.05. The van der Waals surface area contributed by atoms with Crippen LogP contribution < -0.4 is 10.2 Å². The van der Waals surface area contributed by atoms with Crippen LogP contribution in [0.5, 0.6) is 5.75 Å². The maximum Gasteiger partial charge on any atom is 0.414 e. The Morgan fingerprint density at radius 1 is 0.744 bits per heavy atom. The number of carboxylic acid groups (broad SMARTS) is 2. The smallest absolute Gasteiger partial charge is 0.414 e. The summed E-state index contributed by atoms with van der Waals surface area (Å²) in [5, 5.41) is 14.8. The zero-order valence-corrected chi connectivity index (χ0v) is 26.9. The van der Waals surface area contributed by atoms with E-state index in [1.165, 1.54) is 102 Å². The number of aliphatic carboxylic acids is 2. The number of benzene rings is 1. The molecule has 8 heteroatoms. The highest BCUT2D eigenvalue weighted by atomic mass is 16.5. The van der Waals surface area contributed by atoms with Crippen LogP contribution >= 0.6 is 0 Å². The Morgan fingerprint density at radius 2 is 1.21 bits per heavy atom. The molecule has 0 spiro atoms. The molecule has 0 bridgehead atoms. The normalized spacial score (nSPS) is 10.8. The Labute approximate surface area is 259 Å². The largest absolute Gasteiger partial charge is 0.488 e. The topological polar surface area (TPSA) is 109 Å². The molecule has 0 saturated heterocycles. The fraction of sp³-hybridized carbons (Fsp3) is 0.629. The Balaban J connectivity index is 0.00000139. The van der Waals surface area contributed by atoms with E-state index in [-0.39, 0.29) is 5.43 Å². The van der Waals surface area contributed by atoms with Crippen molar-refractivity contribution in [3.63, 3.8) is 0 Å². The predicted molar refractivity (Wildman–Crippen MR) is 174 cm³/mol. The zero-order chi connectivity index (χ0) is 31.7. The highest BCUT2D eigenvalue weighted by Crippen LogP contribution is 2.15. The average Bonchev–Trinajstić information content (AvgIpc) is 2.97. The Hall–Kier alpha value is -3.13. The van der Waals surface area contributed by atoms with E-state index < -0.39 is 11.9 Å². The molecule has 0 radical (unpaired) electrons. The third kappa shape index (κ3) is 19.6. The molecule has 1 aromatic heterocycles. The lowest BCUT2D eigenvalue weighted by Gasteiger charge is -2.18. The van der Waals surface area contributed by atoms with Gasteiger partial charge in [-0.25, -0.2) is 9.59 Å². The van der Waals surface area contributed by atoms with Gasteiger partial charge in [0.15, 0.2) is 5.75 Å². The number of aromatic nitrogens is 1.